The molecule has 1 atom stereocenters. The largest absolute Gasteiger partial charge is 0.375 e. The molecule has 1 heterocycles. The maximum Gasteiger partial charge on any atom is 0.263 e. The van der Waals surface area contributed by atoms with Crippen LogP contribution in [-0.2, 0) is 0 Å². The second-order valence-corrected chi connectivity index (χ2v) is 6.16. The summed E-state index contributed by atoms with van der Waals surface area (Å²) in [6.07, 6.45) is 0. The maximum absolute atomic E-state index is 12.1. The van der Waals surface area contributed by atoms with Gasteiger partial charge < -0.3 is 11.1 Å². The summed E-state index contributed by atoms with van der Waals surface area (Å²) < 4.78 is 1.01. The molecule has 0 aliphatic heterocycles. The number of nitrogens with two attached hydrogens (primary N) is 1. The lowest BCUT2D eigenvalue weighted by atomic mass is 10.1. The smallest absolute Gasteiger partial charge is 0.263 e. The molecule has 0 unspecified atom stereocenters. The fraction of sp³-hybridized carbons (Fsp3) is 0.231. The Morgan fingerprint density at radius 3 is 2.58 bits per heavy atom. The van der Waals surface area contributed by atoms with Crippen molar-refractivity contribution < 1.29 is 4.79 Å². The summed E-state index contributed by atoms with van der Waals surface area (Å²) in [7, 11) is 0. The van der Waals surface area contributed by atoms with Crippen molar-refractivity contribution in [2.45, 2.75) is 19.9 Å². The van der Waals surface area contributed by atoms with E-state index in [9.17, 15) is 4.79 Å². The highest BCUT2D eigenvalue weighted by molar-refractivity contribution is 9.10. The van der Waals surface area contributed by atoms with Gasteiger partial charge in [-0.15, -0.1) is 0 Å². The van der Waals surface area contributed by atoms with Gasteiger partial charge in [-0.05, 0) is 31.5 Å². The van der Waals surface area contributed by atoms with E-state index in [4.69, 9.17) is 5.73 Å². The molecule has 0 radical (unpaired) electrons. The van der Waals surface area contributed by atoms with Gasteiger partial charge in [0.05, 0.1) is 11.7 Å². The van der Waals surface area contributed by atoms with Crippen LogP contribution in [0.1, 0.15) is 33.9 Å². The van der Waals surface area contributed by atoms with Gasteiger partial charge in [-0.1, -0.05) is 39.4 Å². The van der Waals surface area contributed by atoms with Gasteiger partial charge in [0, 0.05) is 4.47 Å². The van der Waals surface area contributed by atoms with Gasteiger partial charge in [0.1, 0.15) is 4.88 Å². The van der Waals surface area contributed by atoms with Crippen LogP contribution >= 0.6 is 27.3 Å². The lowest BCUT2D eigenvalue weighted by molar-refractivity contribution is 0.0943. The lowest BCUT2D eigenvalue weighted by Gasteiger charge is -2.13. The first-order chi connectivity index (χ1) is 8.97. The third kappa shape index (κ3) is 3.33. The molecule has 19 heavy (non-hydrogen) atoms. The fourth-order valence-electron chi connectivity index (χ4n) is 1.72. The predicted molar refractivity (Wildman–Crippen MR) is 81.3 cm³/mol. The van der Waals surface area contributed by atoms with E-state index in [0.717, 1.165) is 10.0 Å². The summed E-state index contributed by atoms with van der Waals surface area (Å²) >= 11 is 4.60. The molecular weight excluding hydrogens is 326 g/mol. The number of nitrogens with one attached hydrogen (secondary N) is 1. The molecule has 2 rings (SSSR count). The number of rotatable bonds is 3. The number of anilines is 1. The minimum Gasteiger partial charge on any atom is -0.375 e. The summed E-state index contributed by atoms with van der Waals surface area (Å²) in [6.45, 7) is 3.73. The Labute approximate surface area is 124 Å². The second kappa shape index (κ2) is 5.71. The number of hydrogen-bond donors (Lipinski definition) is 2. The zero-order chi connectivity index (χ0) is 14.0. The summed E-state index contributed by atoms with van der Waals surface area (Å²) in [6, 6.07) is 7.79. The molecule has 100 valence electrons. The molecule has 1 aromatic carbocycles. The van der Waals surface area contributed by atoms with Crippen molar-refractivity contribution in [1.29, 1.82) is 0 Å². The first-order valence-corrected chi connectivity index (χ1v) is 7.37. The summed E-state index contributed by atoms with van der Waals surface area (Å²) in [5.74, 6) is -0.137. The topological polar surface area (TPSA) is 68.0 Å². The van der Waals surface area contributed by atoms with Crippen molar-refractivity contribution in [3.63, 3.8) is 0 Å². The molecule has 1 amide bonds. The number of aryl methyl sites for hydroxylation is 1. The number of nitrogen functional groups attached to an aromatic ring is 1. The Morgan fingerprint density at radius 2 is 2.05 bits per heavy atom. The Kier molecular flexibility index (Phi) is 4.21. The van der Waals surface area contributed by atoms with E-state index in [1.165, 1.54) is 11.3 Å². The van der Waals surface area contributed by atoms with Gasteiger partial charge in [-0.3, -0.25) is 4.79 Å². The second-order valence-electron chi connectivity index (χ2n) is 4.21. The Bertz CT molecular complexity index is 594. The van der Waals surface area contributed by atoms with Gasteiger partial charge >= 0.3 is 0 Å². The van der Waals surface area contributed by atoms with E-state index in [2.05, 4.69) is 26.2 Å². The number of amides is 1. The van der Waals surface area contributed by atoms with E-state index in [-0.39, 0.29) is 11.9 Å². The Balaban J connectivity index is 2.10. The number of carbonyl (C=O) groups excluding carboxylic acids is 1. The van der Waals surface area contributed by atoms with Crippen LogP contribution in [0.2, 0.25) is 0 Å². The SMILES string of the molecule is Cc1nc(N)sc1C(=O)N[C@@H](C)c1ccc(Br)cc1. The van der Waals surface area contributed by atoms with Gasteiger partial charge in [-0.25, -0.2) is 4.98 Å². The number of benzene rings is 1. The van der Waals surface area contributed by atoms with Gasteiger partial charge in [0.2, 0.25) is 0 Å². The van der Waals surface area contributed by atoms with Crippen LogP contribution in [0.5, 0.6) is 0 Å². The average Bonchev–Trinajstić information content (AvgIpc) is 2.69. The van der Waals surface area contributed by atoms with Gasteiger partial charge in [-0.2, -0.15) is 0 Å². The molecule has 0 spiro atoms. The zero-order valence-corrected chi connectivity index (χ0v) is 13.0. The first kappa shape index (κ1) is 14.0. The van der Waals surface area contributed by atoms with Crippen LogP contribution in [-0.4, -0.2) is 10.9 Å². The van der Waals surface area contributed by atoms with E-state index in [1.54, 1.807) is 6.92 Å². The molecule has 0 aliphatic carbocycles. The highest BCUT2D eigenvalue weighted by Gasteiger charge is 2.16. The van der Waals surface area contributed by atoms with Crippen LogP contribution in [0.25, 0.3) is 0 Å². The zero-order valence-electron chi connectivity index (χ0n) is 10.6. The van der Waals surface area contributed by atoms with Crippen LogP contribution in [0, 0.1) is 6.92 Å². The highest BCUT2D eigenvalue weighted by atomic mass is 79.9. The number of halogens is 1. The third-order valence-corrected chi connectivity index (χ3v) is 4.25. The number of carbonyl (C=O) groups is 1. The quantitative estimate of drug-likeness (QED) is 0.901. The van der Waals surface area contributed by atoms with Gasteiger partial charge in [0.15, 0.2) is 5.13 Å². The molecule has 0 saturated carbocycles. The van der Waals surface area contributed by atoms with Crippen LogP contribution in [0.15, 0.2) is 28.7 Å². The molecule has 0 fully saturated rings. The van der Waals surface area contributed by atoms with Crippen molar-refractivity contribution in [2.24, 2.45) is 0 Å². The van der Waals surface area contributed by atoms with Gasteiger partial charge in [0.25, 0.3) is 5.91 Å². The van der Waals surface area contributed by atoms with E-state index in [1.807, 2.05) is 31.2 Å². The minimum absolute atomic E-state index is 0.0664. The number of hydrogen-bond acceptors (Lipinski definition) is 4. The number of aromatic nitrogens is 1. The molecule has 0 bridgehead atoms. The van der Waals surface area contributed by atoms with Crippen LogP contribution in [0.4, 0.5) is 5.13 Å². The van der Waals surface area contributed by atoms with Crippen molar-refractivity contribution in [3.05, 3.63) is 44.9 Å². The molecule has 4 nitrogen and oxygen atoms in total. The predicted octanol–water partition coefficient (Wildman–Crippen LogP) is 3.29. The van der Waals surface area contributed by atoms with Crippen molar-refractivity contribution in [1.82, 2.24) is 10.3 Å². The van der Waals surface area contributed by atoms with Crippen molar-refractivity contribution >= 4 is 38.3 Å². The third-order valence-electron chi connectivity index (χ3n) is 2.74. The lowest BCUT2D eigenvalue weighted by Crippen LogP contribution is -2.26. The summed E-state index contributed by atoms with van der Waals surface area (Å²) in [5, 5.41) is 3.36. The molecule has 1 aromatic heterocycles. The molecule has 3 N–H and O–H groups in total. The Hall–Kier alpha value is -1.40. The summed E-state index contributed by atoms with van der Waals surface area (Å²) in [4.78, 5) is 16.7. The standard InChI is InChI=1S/C13H14BrN3OS/c1-7(9-3-5-10(14)6-4-9)16-12(18)11-8(2)17-13(15)19-11/h3-7H,1-2H3,(H2,15,17)(H,16,18)/t7-/m0/s1. The maximum atomic E-state index is 12.1. The normalized spacial score (nSPS) is 12.2. The van der Waals surface area contributed by atoms with Crippen LogP contribution in [0.3, 0.4) is 0 Å². The molecular formula is C13H14BrN3OS. The van der Waals surface area contributed by atoms with E-state index >= 15 is 0 Å². The fourth-order valence-corrected chi connectivity index (χ4v) is 2.73. The number of nitrogens with zero attached hydrogens (tertiary/aromatic N) is 1. The van der Waals surface area contributed by atoms with Crippen molar-refractivity contribution in [2.75, 3.05) is 5.73 Å². The van der Waals surface area contributed by atoms with Crippen LogP contribution < -0.4 is 11.1 Å². The average molecular weight is 340 g/mol. The van der Waals surface area contributed by atoms with E-state index in [0.29, 0.717) is 15.7 Å². The highest BCUT2D eigenvalue weighted by Crippen LogP contribution is 2.21. The first-order valence-electron chi connectivity index (χ1n) is 5.76. The number of thiazole rings is 1. The minimum atomic E-state index is -0.137. The van der Waals surface area contributed by atoms with Crippen molar-refractivity contribution in [3.8, 4) is 0 Å². The molecule has 0 saturated heterocycles. The molecule has 6 heteroatoms. The monoisotopic (exact) mass is 339 g/mol. The molecule has 0 aliphatic rings. The van der Waals surface area contributed by atoms with E-state index < -0.39 is 0 Å². The summed E-state index contributed by atoms with van der Waals surface area (Å²) in [5.41, 5.74) is 7.32. The Morgan fingerprint density at radius 1 is 1.42 bits per heavy atom. The molecule has 2 aromatic rings.